The molecule has 0 bridgehead atoms. The molecule has 3 heteroatoms. The number of anilines is 2. The van der Waals surface area contributed by atoms with E-state index in [0.29, 0.717) is 6.04 Å². The molecule has 0 heterocycles. The van der Waals surface area contributed by atoms with Crippen LogP contribution in [0.15, 0.2) is 90.5 Å². The van der Waals surface area contributed by atoms with E-state index < -0.39 is 0 Å². The van der Waals surface area contributed by atoms with E-state index >= 15 is 0 Å². The van der Waals surface area contributed by atoms with Gasteiger partial charge in [0.25, 0.3) is 0 Å². The van der Waals surface area contributed by atoms with Crippen LogP contribution in [-0.4, -0.2) is 38.8 Å². The number of nitrogens with one attached hydrogen (secondary N) is 2. The van der Waals surface area contributed by atoms with Crippen molar-refractivity contribution < 1.29 is 4.90 Å². The van der Waals surface area contributed by atoms with E-state index in [1.54, 1.807) is 4.90 Å². The first-order valence-corrected chi connectivity index (χ1v) is 13.7. The number of fused-ring (bicyclic) bond motifs is 1. The first kappa shape index (κ1) is 25.8. The molecular weight excluding hydrogens is 438 g/mol. The molecule has 0 fully saturated rings. The summed E-state index contributed by atoms with van der Waals surface area (Å²) in [6.45, 7) is 16.3. The monoisotopic (exact) mass is 480 g/mol. The van der Waals surface area contributed by atoms with E-state index in [2.05, 4.69) is 130 Å². The molecule has 1 aliphatic carbocycles. The molecule has 0 aliphatic heterocycles. The molecule has 4 rings (SSSR count). The van der Waals surface area contributed by atoms with E-state index in [1.165, 1.54) is 44.4 Å². The summed E-state index contributed by atoms with van der Waals surface area (Å²) in [7, 11) is 0. The number of benzene rings is 3. The highest BCUT2D eigenvalue weighted by atomic mass is 15.1. The highest BCUT2D eigenvalue weighted by Crippen LogP contribution is 2.35. The molecule has 0 spiro atoms. The number of quaternary nitrogens is 1. The van der Waals surface area contributed by atoms with Crippen LogP contribution in [0.4, 0.5) is 11.4 Å². The van der Waals surface area contributed by atoms with Gasteiger partial charge in [-0.15, -0.1) is 0 Å². The molecule has 1 aliphatic rings. The van der Waals surface area contributed by atoms with Crippen molar-refractivity contribution in [2.45, 2.75) is 40.7 Å². The van der Waals surface area contributed by atoms with Gasteiger partial charge < -0.3 is 15.1 Å². The second kappa shape index (κ2) is 12.1. The Morgan fingerprint density at radius 2 is 1.47 bits per heavy atom. The molecule has 2 N–H and O–H groups in total. The average Bonchev–Trinajstić information content (AvgIpc) is 2.92. The summed E-state index contributed by atoms with van der Waals surface area (Å²) in [4.78, 5) is 3.99. The third-order valence-corrected chi connectivity index (χ3v) is 7.44. The Bertz CT molecular complexity index is 1230. The van der Waals surface area contributed by atoms with Crippen molar-refractivity contribution in [2.24, 2.45) is 0 Å². The smallest absolute Gasteiger partial charge is 0.125 e. The largest absolute Gasteiger partial charge is 0.385 e. The Morgan fingerprint density at radius 3 is 2.08 bits per heavy atom. The fourth-order valence-corrected chi connectivity index (χ4v) is 5.41. The van der Waals surface area contributed by atoms with Crippen molar-refractivity contribution in [3.05, 3.63) is 102 Å². The summed E-state index contributed by atoms with van der Waals surface area (Å²) in [5, 5.41) is 6.14. The highest BCUT2D eigenvalue weighted by molar-refractivity contribution is 5.99. The van der Waals surface area contributed by atoms with Crippen LogP contribution in [0, 0.1) is 0 Å². The van der Waals surface area contributed by atoms with Gasteiger partial charge in [-0.3, -0.25) is 0 Å². The Labute approximate surface area is 217 Å². The van der Waals surface area contributed by atoms with E-state index in [1.807, 2.05) is 0 Å². The predicted molar refractivity (Wildman–Crippen MR) is 158 cm³/mol. The Hall–Kier alpha value is -3.30. The van der Waals surface area contributed by atoms with Crippen molar-refractivity contribution in [3.63, 3.8) is 0 Å². The maximum Gasteiger partial charge on any atom is 0.125 e. The van der Waals surface area contributed by atoms with Crippen LogP contribution in [-0.2, 0) is 0 Å². The lowest BCUT2D eigenvalue weighted by atomic mass is 9.88. The van der Waals surface area contributed by atoms with E-state index in [-0.39, 0.29) is 0 Å². The highest BCUT2D eigenvalue weighted by Gasteiger charge is 2.19. The van der Waals surface area contributed by atoms with Gasteiger partial charge in [-0.05, 0) is 98.7 Å². The molecule has 3 nitrogen and oxygen atoms in total. The molecule has 3 aromatic rings. The minimum Gasteiger partial charge on any atom is -0.385 e. The van der Waals surface area contributed by atoms with Crippen molar-refractivity contribution >= 4 is 27.7 Å². The van der Waals surface area contributed by atoms with E-state index in [9.17, 15) is 0 Å². The van der Waals surface area contributed by atoms with Crippen molar-refractivity contribution in [3.8, 4) is 0 Å². The molecule has 0 atom stereocenters. The zero-order valence-electron chi connectivity index (χ0n) is 22.6. The van der Waals surface area contributed by atoms with Gasteiger partial charge >= 0.3 is 0 Å². The predicted octanol–water partition coefficient (Wildman–Crippen LogP) is 6.34. The van der Waals surface area contributed by atoms with Gasteiger partial charge in [-0.1, -0.05) is 48.6 Å². The molecule has 188 valence electrons. The quantitative estimate of drug-likeness (QED) is 0.353. The van der Waals surface area contributed by atoms with Gasteiger partial charge in [0.1, 0.15) is 6.04 Å². The van der Waals surface area contributed by atoms with Crippen LogP contribution in [0.5, 0.6) is 0 Å². The summed E-state index contributed by atoms with van der Waals surface area (Å²) in [5.74, 6) is 0. The van der Waals surface area contributed by atoms with Crippen LogP contribution in [0.25, 0.3) is 16.3 Å². The first-order chi connectivity index (χ1) is 17.6. The lowest BCUT2D eigenvalue weighted by molar-refractivity contribution is -0.908. The van der Waals surface area contributed by atoms with Gasteiger partial charge in [-0.25, -0.2) is 0 Å². The molecule has 0 saturated carbocycles. The minimum absolute atomic E-state index is 0.434. The molecule has 0 radical (unpaired) electrons. The van der Waals surface area contributed by atoms with Crippen molar-refractivity contribution in [1.82, 2.24) is 0 Å². The van der Waals surface area contributed by atoms with Gasteiger partial charge in [-0.2, -0.15) is 0 Å². The van der Waals surface area contributed by atoms with Crippen LogP contribution < -0.4 is 15.1 Å². The number of rotatable bonds is 10. The van der Waals surface area contributed by atoms with E-state index in [0.717, 1.165) is 32.7 Å². The molecule has 0 unspecified atom stereocenters. The SMILES string of the molecule is CCNc1cc(C(=C2C=CC([NH+](CC)CC)C=C2)c2ccc(N(CC)CC)cc2)cc2ccccc12. The van der Waals surface area contributed by atoms with Gasteiger partial charge in [0.15, 0.2) is 0 Å². The summed E-state index contributed by atoms with van der Waals surface area (Å²) < 4.78 is 0. The third kappa shape index (κ3) is 5.42. The summed E-state index contributed by atoms with van der Waals surface area (Å²) in [6, 6.07) is 22.9. The molecule has 0 amide bonds. The Morgan fingerprint density at radius 1 is 0.806 bits per heavy atom. The molecule has 3 aromatic carbocycles. The van der Waals surface area contributed by atoms with Crippen LogP contribution >= 0.6 is 0 Å². The Balaban J connectivity index is 1.87. The molecule has 0 saturated heterocycles. The second-order valence-corrected chi connectivity index (χ2v) is 9.43. The van der Waals surface area contributed by atoms with Crippen LogP contribution in [0.2, 0.25) is 0 Å². The van der Waals surface area contributed by atoms with E-state index in [4.69, 9.17) is 0 Å². The lowest BCUT2D eigenvalue weighted by Gasteiger charge is -2.25. The lowest BCUT2D eigenvalue weighted by Crippen LogP contribution is -3.14. The Kier molecular flexibility index (Phi) is 8.66. The topological polar surface area (TPSA) is 19.7 Å². The molecule has 36 heavy (non-hydrogen) atoms. The maximum atomic E-state index is 3.61. The fourth-order valence-electron chi connectivity index (χ4n) is 5.41. The maximum absolute atomic E-state index is 3.61. The minimum atomic E-state index is 0.434. The molecule has 0 aromatic heterocycles. The van der Waals surface area contributed by atoms with Crippen LogP contribution in [0.1, 0.15) is 45.7 Å². The number of hydrogen-bond donors (Lipinski definition) is 2. The average molecular weight is 481 g/mol. The van der Waals surface area contributed by atoms with Gasteiger partial charge in [0, 0.05) is 36.4 Å². The van der Waals surface area contributed by atoms with Crippen LogP contribution in [0.3, 0.4) is 0 Å². The van der Waals surface area contributed by atoms with Gasteiger partial charge in [0.05, 0.1) is 13.1 Å². The number of hydrogen-bond acceptors (Lipinski definition) is 2. The number of allylic oxidation sites excluding steroid dienone is 3. The zero-order valence-corrected chi connectivity index (χ0v) is 22.6. The summed E-state index contributed by atoms with van der Waals surface area (Å²) >= 11 is 0. The summed E-state index contributed by atoms with van der Waals surface area (Å²) in [5.41, 5.74) is 7.52. The summed E-state index contributed by atoms with van der Waals surface area (Å²) in [6.07, 6.45) is 9.44. The van der Waals surface area contributed by atoms with Crippen molar-refractivity contribution in [2.75, 3.05) is 42.9 Å². The number of likely N-dealkylation sites (N-methyl/N-ethyl adjacent to an activating group) is 1. The zero-order chi connectivity index (χ0) is 25.5. The van der Waals surface area contributed by atoms with Crippen molar-refractivity contribution in [1.29, 1.82) is 0 Å². The number of nitrogens with zero attached hydrogens (tertiary/aromatic N) is 1. The first-order valence-electron chi connectivity index (χ1n) is 13.7. The standard InChI is InChI=1S/C33H41N3/c1-6-34-32-24-28(23-27-13-11-12-14-31(27)32)33(25-15-19-29(20-16-25)35(7-2)8-3)26-17-21-30(22-18-26)36(9-4)10-5/h11-24,29,34H,6-10H2,1-5H3/p+1. The molecular formula is C33H42N3+. The van der Waals surface area contributed by atoms with Gasteiger partial charge in [0.2, 0.25) is 0 Å². The third-order valence-electron chi connectivity index (χ3n) is 7.44. The second-order valence-electron chi connectivity index (χ2n) is 9.43. The fraction of sp³-hybridized carbons (Fsp3) is 0.333. The normalized spacial score (nSPS) is 15.1.